The summed E-state index contributed by atoms with van der Waals surface area (Å²) in [6.07, 6.45) is 0. The Bertz CT molecular complexity index is 1160. The standard InChI is InChI=1S/C23H17ClF2N2O5/c24-15-11-9-14(10-12-15)21(30)28-17-6-2-1-5-16(17)22(31)32-13-20(29)27-18-7-3-4-8-19(18)33-23(25)26/h1-12,23H,13H2,(H,27,29)(H,28,30). The van der Waals surface area contributed by atoms with E-state index in [0.717, 1.165) is 0 Å². The van der Waals surface area contributed by atoms with Gasteiger partial charge in [-0.3, -0.25) is 9.59 Å². The van der Waals surface area contributed by atoms with Crippen molar-refractivity contribution in [3.63, 3.8) is 0 Å². The lowest BCUT2D eigenvalue weighted by molar-refractivity contribution is -0.119. The molecule has 2 N–H and O–H groups in total. The maximum atomic E-state index is 12.5. The molecule has 0 fully saturated rings. The number of alkyl halides is 2. The minimum absolute atomic E-state index is 0.00511. The van der Waals surface area contributed by atoms with Gasteiger partial charge in [0.1, 0.15) is 5.75 Å². The molecule has 2 amide bonds. The summed E-state index contributed by atoms with van der Waals surface area (Å²) in [6.45, 7) is -3.76. The summed E-state index contributed by atoms with van der Waals surface area (Å²) in [5.41, 5.74) is 0.522. The van der Waals surface area contributed by atoms with Crippen LogP contribution in [0.1, 0.15) is 20.7 Å². The van der Waals surface area contributed by atoms with Crippen LogP contribution < -0.4 is 15.4 Å². The van der Waals surface area contributed by atoms with Crippen LogP contribution in [0.4, 0.5) is 20.2 Å². The van der Waals surface area contributed by atoms with Gasteiger partial charge in [0.15, 0.2) is 6.61 Å². The highest BCUT2D eigenvalue weighted by atomic mass is 35.5. The Labute approximate surface area is 192 Å². The van der Waals surface area contributed by atoms with Gasteiger partial charge in [0.05, 0.1) is 16.9 Å². The van der Waals surface area contributed by atoms with Crippen LogP contribution in [0.25, 0.3) is 0 Å². The van der Waals surface area contributed by atoms with Crippen LogP contribution in [0, 0.1) is 0 Å². The van der Waals surface area contributed by atoms with Crippen molar-refractivity contribution in [3.05, 3.63) is 88.9 Å². The van der Waals surface area contributed by atoms with E-state index in [1.165, 1.54) is 48.5 Å². The lowest BCUT2D eigenvalue weighted by atomic mass is 10.1. The highest BCUT2D eigenvalue weighted by molar-refractivity contribution is 6.30. The smallest absolute Gasteiger partial charge is 0.387 e. The van der Waals surface area contributed by atoms with Gasteiger partial charge in [0.2, 0.25) is 0 Å². The minimum Gasteiger partial charge on any atom is -0.452 e. The second-order valence-electron chi connectivity index (χ2n) is 6.51. The molecule has 10 heteroatoms. The summed E-state index contributed by atoms with van der Waals surface area (Å²) in [7, 11) is 0. The van der Waals surface area contributed by atoms with E-state index in [9.17, 15) is 23.2 Å². The number of esters is 1. The SMILES string of the molecule is O=C(COC(=O)c1ccccc1NC(=O)c1ccc(Cl)cc1)Nc1ccccc1OC(F)F. The highest BCUT2D eigenvalue weighted by Crippen LogP contribution is 2.25. The van der Waals surface area contributed by atoms with E-state index in [1.807, 2.05) is 0 Å². The summed E-state index contributed by atoms with van der Waals surface area (Å²) in [4.78, 5) is 37.1. The van der Waals surface area contributed by atoms with Gasteiger partial charge in [0, 0.05) is 10.6 Å². The molecule has 0 aliphatic rings. The van der Waals surface area contributed by atoms with E-state index in [0.29, 0.717) is 10.6 Å². The average Bonchev–Trinajstić information content (AvgIpc) is 2.79. The van der Waals surface area contributed by atoms with Crippen molar-refractivity contribution >= 4 is 40.8 Å². The first-order valence-electron chi connectivity index (χ1n) is 9.50. The highest BCUT2D eigenvalue weighted by Gasteiger charge is 2.17. The zero-order valence-corrected chi connectivity index (χ0v) is 17.6. The summed E-state index contributed by atoms with van der Waals surface area (Å²) in [5, 5.41) is 5.42. The second kappa shape index (κ2) is 11.1. The fourth-order valence-corrected chi connectivity index (χ4v) is 2.86. The third kappa shape index (κ3) is 6.75. The first-order valence-corrected chi connectivity index (χ1v) is 9.88. The van der Waals surface area contributed by atoms with E-state index >= 15 is 0 Å². The number of anilines is 2. The van der Waals surface area contributed by atoms with Crippen LogP contribution in [0.15, 0.2) is 72.8 Å². The van der Waals surface area contributed by atoms with Gasteiger partial charge >= 0.3 is 12.6 Å². The molecule has 0 spiro atoms. The topological polar surface area (TPSA) is 93.7 Å². The molecule has 0 unspecified atom stereocenters. The van der Waals surface area contributed by atoms with Gasteiger partial charge in [-0.05, 0) is 48.5 Å². The summed E-state index contributed by atoms with van der Waals surface area (Å²) < 4.78 is 34.3. The molecule has 33 heavy (non-hydrogen) atoms. The third-order valence-corrected chi connectivity index (χ3v) is 4.47. The number of nitrogens with one attached hydrogen (secondary N) is 2. The lowest BCUT2D eigenvalue weighted by Gasteiger charge is -2.13. The van der Waals surface area contributed by atoms with Crippen molar-refractivity contribution in [2.24, 2.45) is 0 Å². The zero-order chi connectivity index (χ0) is 23.8. The first kappa shape index (κ1) is 23.7. The normalized spacial score (nSPS) is 10.4. The number of hydrogen-bond donors (Lipinski definition) is 2. The Balaban J connectivity index is 1.63. The van der Waals surface area contributed by atoms with E-state index in [-0.39, 0.29) is 22.7 Å². The number of carbonyl (C=O) groups is 3. The van der Waals surface area contributed by atoms with Crippen LogP contribution in [-0.4, -0.2) is 31.0 Å². The van der Waals surface area contributed by atoms with Crippen molar-refractivity contribution in [1.82, 2.24) is 0 Å². The predicted molar refractivity (Wildman–Crippen MR) is 118 cm³/mol. The molecule has 3 aromatic rings. The van der Waals surface area contributed by atoms with Gasteiger partial charge < -0.3 is 20.1 Å². The molecule has 0 heterocycles. The largest absolute Gasteiger partial charge is 0.452 e. The van der Waals surface area contributed by atoms with Crippen molar-refractivity contribution in [2.75, 3.05) is 17.2 Å². The Kier molecular flexibility index (Phi) is 7.93. The zero-order valence-electron chi connectivity index (χ0n) is 16.9. The molecule has 0 bridgehead atoms. The second-order valence-corrected chi connectivity index (χ2v) is 6.94. The molecule has 3 rings (SSSR count). The summed E-state index contributed by atoms with van der Waals surface area (Å²) in [6, 6.07) is 17.9. The molecule has 0 aliphatic carbocycles. The van der Waals surface area contributed by atoms with Gasteiger partial charge in [-0.2, -0.15) is 8.78 Å². The van der Waals surface area contributed by atoms with Gasteiger partial charge in [-0.1, -0.05) is 35.9 Å². The molecule has 0 aromatic heterocycles. The molecule has 170 valence electrons. The fraction of sp³-hybridized carbons (Fsp3) is 0.0870. The Hall–Kier alpha value is -3.98. The summed E-state index contributed by atoms with van der Waals surface area (Å²) in [5.74, 6) is -2.34. The molecule has 0 aliphatic heterocycles. The molecule has 0 saturated heterocycles. The number of carbonyl (C=O) groups excluding carboxylic acids is 3. The van der Waals surface area contributed by atoms with Crippen molar-refractivity contribution in [3.8, 4) is 5.75 Å². The number of amides is 2. The van der Waals surface area contributed by atoms with Crippen LogP contribution in [0.2, 0.25) is 5.02 Å². The van der Waals surface area contributed by atoms with Crippen LogP contribution >= 0.6 is 11.6 Å². The molecule has 7 nitrogen and oxygen atoms in total. The number of rotatable bonds is 8. The molecule has 0 radical (unpaired) electrons. The number of ether oxygens (including phenoxy) is 2. The molecule has 0 atom stereocenters. The predicted octanol–water partition coefficient (Wildman–Crippen LogP) is 4.99. The minimum atomic E-state index is -3.07. The van der Waals surface area contributed by atoms with Crippen LogP contribution in [0.5, 0.6) is 5.75 Å². The van der Waals surface area contributed by atoms with Gasteiger partial charge in [0.25, 0.3) is 11.8 Å². The Morgan fingerprint density at radius 1 is 0.848 bits per heavy atom. The monoisotopic (exact) mass is 474 g/mol. The lowest BCUT2D eigenvalue weighted by Crippen LogP contribution is -2.22. The molecular formula is C23H17ClF2N2O5. The number of halogens is 3. The number of para-hydroxylation sites is 3. The Morgan fingerprint density at radius 3 is 2.18 bits per heavy atom. The van der Waals surface area contributed by atoms with Crippen LogP contribution in [0.3, 0.4) is 0 Å². The summed E-state index contributed by atoms with van der Waals surface area (Å²) >= 11 is 5.82. The van der Waals surface area contributed by atoms with E-state index < -0.39 is 31.0 Å². The third-order valence-electron chi connectivity index (χ3n) is 4.21. The molecule has 0 saturated carbocycles. The van der Waals surface area contributed by atoms with Gasteiger partial charge in [-0.25, -0.2) is 4.79 Å². The molecular weight excluding hydrogens is 458 g/mol. The van der Waals surface area contributed by atoms with Crippen molar-refractivity contribution in [2.45, 2.75) is 6.61 Å². The van der Waals surface area contributed by atoms with Crippen molar-refractivity contribution < 1.29 is 32.6 Å². The van der Waals surface area contributed by atoms with Gasteiger partial charge in [-0.15, -0.1) is 0 Å². The maximum absolute atomic E-state index is 12.5. The first-order chi connectivity index (χ1) is 15.8. The maximum Gasteiger partial charge on any atom is 0.387 e. The fourth-order valence-electron chi connectivity index (χ4n) is 2.73. The van der Waals surface area contributed by atoms with Crippen molar-refractivity contribution in [1.29, 1.82) is 0 Å². The molecule has 3 aromatic carbocycles. The van der Waals surface area contributed by atoms with Crippen LogP contribution in [-0.2, 0) is 9.53 Å². The average molecular weight is 475 g/mol. The Morgan fingerprint density at radius 2 is 1.48 bits per heavy atom. The quantitative estimate of drug-likeness (QED) is 0.449. The number of benzene rings is 3. The van der Waals surface area contributed by atoms with E-state index in [4.69, 9.17) is 16.3 Å². The van der Waals surface area contributed by atoms with E-state index in [2.05, 4.69) is 15.4 Å². The number of hydrogen-bond acceptors (Lipinski definition) is 5. The van der Waals surface area contributed by atoms with E-state index in [1.54, 1.807) is 24.3 Å².